The van der Waals surface area contributed by atoms with E-state index in [2.05, 4.69) is 20.9 Å². The van der Waals surface area contributed by atoms with Crippen LogP contribution >= 0.6 is 27.5 Å². The van der Waals surface area contributed by atoms with Crippen molar-refractivity contribution < 1.29 is 4.74 Å². The van der Waals surface area contributed by atoms with Crippen molar-refractivity contribution in [1.29, 1.82) is 0 Å². The zero-order valence-corrected chi connectivity index (χ0v) is 9.97. The molecule has 0 fully saturated rings. The summed E-state index contributed by atoms with van der Waals surface area (Å²) in [5, 5.41) is 0. The van der Waals surface area contributed by atoms with Crippen LogP contribution in [0.4, 0.5) is 5.69 Å². The zero-order chi connectivity index (χ0) is 10.6. The zero-order valence-electron chi connectivity index (χ0n) is 7.63. The molecule has 2 N–H and O–H groups in total. The first-order chi connectivity index (χ1) is 6.67. The van der Waals surface area contributed by atoms with Gasteiger partial charge in [0.2, 0.25) is 0 Å². The molecule has 1 aromatic rings. The van der Waals surface area contributed by atoms with Gasteiger partial charge in [-0.15, -0.1) is 11.6 Å². The summed E-state index contributed by atoms with van der Waals surface area (Å²) in [5.41, 5.74) is 6.23. The molecular weight excluding hydrogens is 267 g/mol. The van der Waals surface area contributed by atoms with Crippen LogP contribution in [0.15, 0.2) is 27.7 Å². The topological polar surface area (TPSA) is 47.6 Å². The number of methoxy groups -OCH3 is 1. The van der Waals surface area contributed by atoms with Crippen molar-refractivity contribution in [1.82, 2.24) is 0 Å². The smallest absolute Gasteiger partial charge is 0.121 e. The molecule has 1 aromatic carbocycles. The van der Waals surface area contributed by atoms with Crippen LogP contribution in [0.1, 0.15) is 0 Å². The lowest BCUT2D eigenvalue weighted by molar-refractivity contribution is 0.415. The Morgan fingerprint density at radius 2 is 2.36 bits per heavy atom. The number of rotatable bonds is 3. The maximum Gasteiger partial charge on any atom is 0.121 e. The summed E-state index contributed by atoms with van der Waals surface area (Å²) in [6.07, 6.45) is 0. The second-order valence-corrected chi connectivity index (χ2v) is 3.68. The van der Waals surface area contributed by atoms with E-state index in [0.717, 1.165) is 10.2 Å². The van der Waals surface area contributed by atoms with Crippen LogP contribution in [-0.4, -0.2) is 18.8 Å². The maximum atomic E-state index is 5.53. The van der Waals surface area contributed by atoms with E-state index in [-0.39, 0.29) is 5.88 Å². The molecule has 0 saturated heterocycles. The molecular formula is C9H10BrClN2O. The van der Waals surface area contributed by atoms with Crippen molar-refractivity contribution in [3.63, 3.8) is 0 Å². The highest BCUT2D eigenvalue weighted by molar-refractivity contribution is 9.10. The monoisotopic (exact) mass is 276 g/mol. The molecule has 0 atom stereocenters. The van der Waals surface area contributed by atoms with E-state index in [1.54, 1.807) is 13.2 Å². The van der Waals surface area contributed by atoms with Gasteiger partial charge in [0.25, 0.3) is 0 Å². The molecule has 0 radical (unpaired) electrons. The molecule has 14 heavy (non-hydrogen) atoms. The molecule has 1 rings (SSSR count). The number of hydrogen-bond acceptors (Lipinski definition) is 2. The summed E-state index contributed by atoms with van der Waals surface area (Å²) < 4.78 is 5.91. The predicted octanol–water partition coefficient (Wildman–Crippen LogP) is 2.69. The molecule has 0 saturated carbocycles. The highest BCUT2D eigenvalue weighted by Crippen LogP contribution is 2.29. The first kappa shape index (κ1) is 11.3. The van der Waals surface area contributed by atoms with E-state index in [1.807, 2.05) is 12.1 Å². The fraction of sp³-hybridized carbons (Fsp3) is 0.222. The minimum Gasteiger partial charge on any atom is -0.497 e. The number of nitrogens with two attached hydrogens (primary N) is 1. The van der Waals surface area contributed by atoms with Gasteiger partial charge in [-0.25, -0.2) is 4.99 Å². The standard InChI is InChI=1S/C9H10BrClN2O/c1-14-6-2-3-7(10)8(4-6)13-9(12)5-11/h2-4H,5H2,1H3,(H2,12,13). The molecule has 0 aliphatic heterocycles. The van der Waals surface area contributed by atoms with E-state index in [1.165, 1.54) is 0 Å². The first-order valence-electron chi connectivity index (χ1n) is 3.90. The van der Waals surface area contributed by atoms with Crippen molar-refractivity contribution >= 4 is 39.1 Å². The van der Waals surface area contributed by atoms with E-state index in [9.17, 15) is 0 Å². The predicted molar refractivity (Wildman–Crippen MR) is 62.7 cm³/mol. The molecule has 76 valence electrons. The van der Waals surface area contributed by atoms with Crippen LogP contribution in [0, 0.1) is 0 Å². The number of nitrogens with zero attached hydrogens (tertiary/aromatic N) is 1. The number of halogens is 2. The Balaban J connectivity index is 3.06. The molecule has 0 aliphatic rings. The number of ether oxygens (including phenoxy) is 1. The van der Waals surface area contributed by atoms with Crippen molar-refractivity contribution in [2.24, 2.45) is 10.7 Å². The summed E-state index contributed by atoms with van der Waals surface area (Å²) in [6, 6.07) is 5.46. The quantitative estimate of drug-likeness (QED) is 0.524. The highest BCUT2D eigenvalue weighted by Gasteiger charge is 2.01. The Labute approximate surface area is 96.0 Å². The summed E-state index contributed by atoms with van der Waals surface area (Å²) >= 11 is 8.88. The van der Waals surface area contributed by atoms with Crippen LogP contribution in [0.2, 0.25) is 0 Å². The van der Waals surface area contributed by atoms with E-state index < -0.39 is 0 Å². The third-order valence-corrected chi connectivity index (χ3v) is 2.50. The highest BCUT2D eigenvalue weighted by atomic mass is 79.9. The van der Waals surface area contributed by atoms with Gasteiger partial charge in [-0.05, 0) is 28.1 Å². The largest absolute Gasteiger partial charge is 0.497 e. The second-order valence-electron chi connectivity index (χ2n) is 2.55. The molecule has 3 nitrogen and oxygen atoms in total. The molecule has 0 aromatic heterocycles. The van der Waals surface area contributed by atoms with Crippen molar-refractivity contribution in [3.05, 3.63) is 22.7 Å². The van der Waals surface area contributed by atoms with E-state index in [0.29, 0.717) is 11.5 Å². The van der Waals surface area contributed by atoms with Crippen LogP contribution in [0.3, 0.4) is 0 Å². The number of hydrogen-bond donors (Lipinski definition) is 1. The molecule has 0 unspecified atom stereocenters. The molecule has 5 heteroatoms. The Morgan fingerprint density at radius 1 is 1.64 bits per heavy atom. The van der Waals surface area contributed by atoms with Gasteiger partial charge in [0, 0.05) is 10.5 Å². The number of aliphatic imine (C=N–C) groups is 1. The minimum atomic E-state index is 0.212. The summed E-state index contributed by atoms with van der Waals surface area (Å²) in [6.45, 7) is 0. The van der Waals surface area contributed by atoms with Crippen molar-refractivity contribution in [3.8, 4) is 5.75 Å². The average Bonchev–Trinajstić information content (AvgIpc) is 2.21. The Bertz CT molecular complexity index is 355. The fourth-order valence-corrected chi connectivity index (χ4v) is 1.28. The first-order valence-corrected chi connectivity index (χ1v) is 5.22. The lowest BCUT2D eigenvalue weighted by Gasteiger charge is -2.03. The van der Waals surface area contributed by atoms with Gasteiger partial charge in [-0.3, -0.25) is 0 Å². The number of benzene rings is 1. The van der Waals surface area contributed by atoms with E-state index in [4.69, 9.17) is 22.1 Å². The molecule has 0 amide bonds. The molecule has 0 bridgehead atoms. The van der Waals surface area contributed by atoms with Gasteiger partial charge in [-0.2, -0.15) is 0 Å². The van der Waals surface area contributed by atoms with E-state index >= 15 is 0 Å². The van der Waals surface area contributed by atoms with Crippen molar-refractivity contribution in [2.45, 2.75) is 0 Å². The van der Waals surface area contributed by atoms with Gasteiger partial charge in [0.05, 0.1) is 18.7 Å². The summed E-state index contributed by atoms with van der Waals surface area (Å²) in [4.78, 5) is 4.12. The van der Waals surface area contributed by atoms with Gasteiger partial charge in [0.1, 0.15) is 11.6 Å². The lowest BCUT2D eigenvalue weighted by Crippen LogP contribution is -2.12. The molecule has 0 heterocycles. The minimum absolute atomic E-state index is 0.212. The Kier molecular flexibility index (Phi) is 4.22. The Hall–Kier alpha value is -0.740. The van der Waals surface area contributed by atoms with Crippen LogP contribution in [0.25, 0.3) is 0 Å². The normalized spacial score (nSPS) is 11.5. The van der Waals surface area contributed by atoms with Gasteiger partial charge in [-0.1, -0.05) is 0 Å². The Morgan fingerprint density at radius 3 is 2.93 bits per heavy atom. The number of alkyl halides is 1. The van der Waals surface area contributed by atoms with Gasteiger partial charge >= 0.3 is 0 Å². The van der Waals surface area contributed by atoms with Crippen LogP contribution in [-0.2, 0) is 0 Å². The summed E-state index contributed by atoms with van der Waals surface area (Å²) in [5.74, 6) is 1.32. The molecule has 0 aliphatic carbocycles. The summed E-state index contributed by atoms with van der Waals surface area (Å²) in [7, 11) is 1.60. The number of amidine groups is 1. The third-order valence-electron chi connectivity index (χ3n) is 1.55. The van der Waals surface area contributed by atoms with Gasteiger partial charge in [0.15, 0.2) is 0 Å². The average molecular weight is 278 g/mol. The van der Waals surface area contributed by atoms with Crippen molar-refractivity contribution in [2.75, 3.05) is 13.0 Å². The lowest BCUT2D eigenvalue weighted by atomic mass is 10.3. The SMILES string of the molecule is COc1ccc(Br)c(N=C(N)CCl)c1. The fourth-order valence-electron chi connectivity index (χ4n) is 0.890. The van der Waals surface area contributed by atoms with Crippen LogP contribution < -0.4 is 10.5 Å². The molecule has 0 spiro atoms. The third kappa shape index (κ3) is 2.89. The van der Waals surface area contributed by atoms with Gasteiger partial charge < -0.3 is 10.5 Å². The maximum absolute atomic E-state index is 5.53. The second kappa shape index (κ2) is 5.22. The van der Waals surface area contributed by atoms with Crippen LogP contribution in [0.5, 0.6) is 5.75 Å².